The predicted molar refractivity (Wildman–Crippen MR) is 51.2 cm³/mol. The van der Waals surface area contributed by atoms with Crippen LogP contribution in [0.5, 0.6) is 0 Å². The van der Waals surface area contributed by atoms with Crippen molar-refractivity contribution in [1.82, 2.24) is 4.90 Å². The quantitative estimate of drug-likeness (QED) is 0.722. The molecule has 1 N–H and O–H groups in total. The van der Waals surface area contributed by atoms with Gasteiger partial charge in [-0.25, -0.2) is 0 Å². The lowest BCUT2D eigenvalue weighted by atomic mass is 9.85. The van der Waals surface area contributed by atoms with Crippen molar-refractivity contribution in [3.8, 4) is 0 Å². The molecule has 0 spiro atoms. The van der Waals surface area contributed by atoms with E-state index in [1.54, 1.807) is 0 Å². The van der Waals surface area contributed by atoms with E-state index in [9.17, 15) is 4.79 Å². The SMILES string of the molecule is O=C(O)C1COCCN1CC1CCC1. The molecular weight excluding hydrogens is 182 g/mol. The maximum atomic E-state index is 10.9. The molecule has 0 radical (unpaired) electrons. The zero-order valence-corrected chi connectivity index (χ0v) is 8.32. The minimum absolute atomic E-state index is 0.349. The molecule has 1 heterocycles. The molecule has 0 bridgehead atoms. The molecule has 0 aromatic carbocycles. The van der Waals surface area contributed by atoms with Crippen LogP contribution in [0.15, 0.2) is 0 Å². The van der Waals surface area contributed by atoms with Gasteiger partial charge in [-0.2, -0.15) is 0 Å². The van der Waals surface area contributed by atoms with Crippen molar-refractivity contribution in [3.05, 3.63) is 0 Å². The molecule has 1 aliphatic heterocycles. The van der Waals surface area contributed by atoms with E-state index in [0.29, 0.717) is 13.2 Å². The van der Waals surface area contributed by atoms with Gasteiger partial charge in [0.05, 0.1) is 13.2 Å². The summed E-state index contributed by atoms with van der Waals surface area (Å²) in [5, 5.41) is 8.99. The summed E-state index contributed by atoms with van der Waals surface area (Å²) >= 11 is 0. The van der Waals surface area contributed by atoms with Crippen LogP contribution in [0, 0.1) is 5.92 Å². The number of nitrogens with zero attached hydrogens (tertiary/aromatic N) is 1. The molecule has 1 unspecified atom stereocenters. The van der Waals surface area contributed by atoms with Crippen molar-refractivity contribution < 1.29 is 14.6 Å². The number of morpholine rings is 1. The standard InChI is InChI=1S/C10H17NO3/c12-10(13)9-7-14-5-4-11(9)6-8-2-1-3-8/h8-9H,1-7H2,(H,12,13). The van der Waals surface area contributed by atoms with Crippen LogP contribution in [-0.2, 0) is 9.53 Å². The maximum Gasteiger partial charge on any atom is 0.323 e. The maximum absolute atomic E-state index is 10.9. The Morgan fingerprint density at radius 3 is 2.86 bits per heavy atom. The lowest BCUT2D eigenvalue weighted by Crippen LogP contribution is -2.52. The van der Waals surface area contributed by atoms with Gasteiger partial charge in [-0.15, -0.1) is 0 Å². The van der Waals surface area contributed by atoms with E-state index in [-0.39, 0.29) is 0 Å². The van der Waals surface area contributed by atoms with Crippen LogP contribution in [0.3, 0.4) is 0 Å². The van der Waals surface area contributed by atoms with Crippen LogP contribution in [-0.4, -0.2) is 48.3 Å². The molecule has 0 amide bonds. The summed E-state index contributed by atoms with van der Waals surface area (Å²) in [5.74, 6) is -0.0148. The molecule has 2 aliphatic rings. The van der Waals surface area contributed by atoms with E-state index in [1.807, 2.05) is 0 Å². The number of hydrogen-bond donors (Lipinski definition) is 1. The first-order chi connectivity index (χ1) is 6.77. The number of ether oxygens (including phenoxy) is 1. The molecule has 80 valence electrons. The van der Waals surface area contributed by atoms with Gasteiger partial charge in [-0.3, -0.25) is 9.69 Å². The molecule has 14 heavy (non-hydrogen) atoms. The van der Waals surface area contributed by atoms with Gasteiger partial charge in [0.1, 0.15) is 6.04 Å². The molecule has 0 aromatic rings. The van der Waals surface area contributed by atoms with Crippen LogP contribution in [0.4, 0.5) is 0 Å². The molecule has 1 atom stereocenters. The zero-order valence-electron chi connectivity index (χ0n) is 8.32. The highest BCUT2D eigenvalue weighted by Gasteiger charge is 2.31. The predicted octanol–water partition coefficient (Wildman–Crippen LogP) is 0.572. The second-order valence-electron chi connectivity index (χ2n) is 4.22. The van der Waals surface area contributed by atoms with E-state index >= 15 is 0 Å². The van der Waals surface area contributed by atoms with Gasteiger partial charge in [-0.1, -0.05) is 6.42 Å². The van der Waals surface area contributed by atoms with Gasteiger partial charge >= 0.3 is 5.97 Å². The monoisotopic (exact) mass is 199 g/mol. The first kappa shape index (κ1) is 9.93. The molecule has 4 nitrogen and oxygen atoms in total. The molecule has 0 aromatic heterocycles. The highest BCUT2D eigenvalue weighted by molar-refractivity contribution is 5.73. The largest absolute Gasteiger partial charge is 0.480 e. The second kappa shape index (κ2) is 4.28. The summed E-state index contributed by atoms with van der Waals surface area (Å²) in [4.78, 5) is 13.0. The summed E-state index contributed by atoms with van der Waals surface area (Å²) in [6.07, 6.45) is 3.85. The normalized spacial score (nSPS) is 29.9. The summed E-state index contributed by atoms with van der Waals surface area (Å²) in [5.41, 5.74) is 0. The smallest absolute Gasteiger partial charge is 0.323 e. The topological polar surface area (TPSA) is 49.8 Å². The Kier molecular flexibility index (Phi) is 3.03. The Morgan fingerprint density at radius 1 is 1.50 bits per heavy atom. The van der Waals surface area contributed by atoms with Crippen LogP contribution < -0.4 is 0 Å². The molecular formula is C10H17NO3. The third-order valence-electron chi connectivity index (χ3n) is 3.24. The molecule has 2 rings (SSSR count). The fourth-order valence-corrected chi connectivity index (χ4v) is 2.09. The summed E-state index contributed by atoms with van der Waals surface area (Å²) < 4.78 is 5.18. The highest BCUT2D eigenvalue weighted by atomic mass is 16.5. The Labute approximate surface area is 83.8 Å². The number of carbonyl (C=O) groups is 1. The van der Waals surface area contributed by atoms with Crippen LogP contribution in [0.25, 0.3) is 0 Å². The third-order valence-corrected chi connectivity index (χ3v) is 3.24. The average Bonchev–Trinajstić information content (AvgIpc) is 2.12. The van der Waals surface area contributed by atoms with E-state index in [4.69, 9.17) is 9.84 Å². The fourth-order valence-electron chi connectivity index (χ4n) is 2.09. The highest BCUT2D eigenvalue weighted by Crippen LogP contribution is 2.28. The van der Waals surface area contributed by atoms with Crippen molar-refractivity contribution >= 4 is 5.97 Å². The van der Waals surface area contributed by atoms with Crippen molar-refractivity contribution in [1.29, 1.82) is 0 Å². The van der Waals surface area contributed by atoms with Gasteiger partial charge in [0.2, 0.25) is 0 Å². The van der Waals surface area contributed by atoms with Crippen molar-refractivity contribution in [3.63, 3.8) is 0 Å². The molecule has 1 saturated carbocycles. The fraction of sp³-hybridized carbons (Fsp3) is 0.900. The average molecular weight is 199 g/mol. The van der Waals surface area contributed by atoms with Crippen molar-refractivity contribution in [2.45, 2.75) is 25.3 Å². The lowest BCUT2D eigenvalue weighted by Gasteiger charge is -2.37. The van der Waals surface area contributed by atoms with Crippen LogP contribution in [0.2, 0.25) is 0 Å². The second-order valence-corrected chi connectivity index (χ2v) is 4.22. The van der Waals surface area contributed by atoms with Crippen molar-refractivity contribution in [2.24, 2.45) is 5.92 Å². The van der Waals surface area contributed by atoms with E-state index in [0.717, 1.165) is 19.0 Å². The van der Waals surface area contributed by atoms with Gasteiger partial charge in [0.15, 0.2) is 0 Å². The van der Waals surface area contributed by atoms with Gasteiger partial charge in [0.25, 0.3) is 0 Å². The molecule has 1 saturated heterocycles. The number of carboxylic acids is 1. The van der Waals surface area contributed by atoms with E-state index in [1.165, 1.54) is 19.3 Å². The number of rotatable bonds is 3. The Bertz CT molecular complexity index is 215. The Balaban J connectivity index is 1.88. The number of carboxylic acid groups (broad SMARTS) is 1. The first-order valence-electron chi connectivity index (χ1n) is 5.32. The Morgan fingerprint density at radius 2 is 2.29 bits per heavy atom. The van der Waals surface area contributed by atoms with Gasteiger partial charge in [0, 0.05) is 13.1 Å². The van der Waals surface area contributed by atoms with E-state index in [2.05, 4.69) is 4.90 Å². The minimum Gasteiger partial charge on any atom is -0.480 e. The number of hydrogen-bond acceptors (Lipinski definition) is 3. The zero-order chi connectivity index (χ0) is 9.97. The summed E-state index contributed by atoms with van der Waals surface area (Å²) in [7, 11) is 0. The Hall–Kier alpha value is -0.610. The molecule has 4 heteroatoms. The van der Waals surface area contributed by atoms with Gasteiger partial charge < -0.3 is 9.84 Å². The first-order valence-corrected chi connectivity index (χ1v) is 5.32. The third kappa shape index (κ3) is 2.07. The molecule has 1 aliphatic carbocycles. The van der Waals surface area contributed by atoms with Gasteiger partial charge in [-0.05, 0) is 18.8 Å². The minimum atomic E-state index is -0.746. The summed E-state index contributed by atoms with van der Waals surface area (Å²) in [6.45, 7) is 2.74. The van der Waals surface area contributed by atoms with Crippen molar-refractivity contribution in [2.75, 3.05) is 26.3 Å². The van der Waals surface area contributed by atoms with Crippen LogP contribution >= 0.6 is 0 Å². The number of aliphatic carboxylic acids is 1. The van der Waals surface area contributed by atoms with Crippen LogP contribution in [0.1, 0.15) is 19.3 Å². The van der Waals surface area contributed by atoms with E-state index < -0.39 is 12.0 Å². The lowest BCUT2D eigenvalue weighted by molar-refractivity contribution is -0.150. The molecule has 2 fully saturated rings. The summed E-state index contributed by atoms with van der Waals surface area (Å²) in [6, 6.07) is -0.413.